The first-order valence-corrected chi connectivity index (χ1v) is 5.65. The molecule has 0 bridgehead atoms. The minimum Gasteiger partial charge on any atom is -0.305 e. The molecule has 16 heavy (non-hydrogen) atoms. The zero-order chi connectivity index (χ0) is 11.5. The van der Waals surface area contributed by atoms with E-state index < -0.39 is 0 Å². The van der Waals surface area contributed by atoms with Crippen LogP contribution in [-0.2, 0) is 4.84 Å². The van der Waals surface area contributed by atoms with Gasteiger partial charge in [-0.3, -0.25) is 4.84 Å². The van der Waals surface area contributed by atoms with Gasteiger partial charge in [0.25, 0.3) is 0 Å². The lowest BCUT2D eigenvalue weighted by Gasteiger charge is -2.14. The van der Waals surface area contributed by atoms with Crippen LogP contribution in [0.25, 0.3) is 10.1 Å². The summed E-state index contributed by atoms with van der Waals surface area (Å²) in [5, 5.41) is 7.07. The smallest absolute Gasteiger partial charge is 0.305 e. The Morgan fingerprint density at radius 1 is 1.44 bits per heavy atom. The first-order chi connectivity index (χ1) is 7.72. The molecule has 0 fully saturated rings. The van der Waals surface area contributed by atoms with Crippen molar-refractivity contribution in [2.75, 3.05) is 19.5 Å². The van der Waals surface area contributed by atoms with Crippen LogP contribution in [0, 0.1) is 0 Å². The Morgan fingerprint density at radius 2 is 2.25 bits per heavy atom. The second-order valence-corrected chi connectivity index (χ2v) is 4.17. The topological polar surface area (TPSA) is 41.6 Å². The fourth-order valence-corrected chi connectivity index (χ4v) is 2.24. The lowest BCUT2D eigenvalue weighted by Crippen LogP contribution is -2.30. The van der Waals surface area contributed by atoms with Gasteiger partial charge in [-0.2, -0.15) is 0 Å². The van der Waals surface area contributed by atoms with E-state index in [1.54, 1.807) is 18.4 Å². The van der Waals surface area contributed by atoms with Crippen LogP contribution in [0.2, 0.25) is 0 Å². The van der Waals surface area contributed by atoms with E-state index in [-0.39, 0.29) is 6.03 Å². The number of hydrogen-bond acceptors (Lipinski definition) is 3. The number of benzene rings is 1. The third-order valence-corrected chi connectivity index (χ3v) is 3.24. The Hall–Kier alpha value is -1.59. The van der Waals surface area contributed by atoms with Crippen LogP contribution in [0.15, 0.2) is 29.6 Å². The number of urea groups is 1. The molecule has 2 amide bonds. The average molecular weight is 236 g/mol. The van der Waals surface area contributed by atoms with Crippen molar-refractivity contribution in [2.45, 2.75) is 0 Å². The van der Waals surface area contributed by atoms with Crippen molar-refractivity contribution in [2.24, 2.45) is 0 Å². The molecule has 4 nitrogen and oxygen atoms in total. The summed E-state index contributed by atoms with van der Waals surface area (Å²) in [7, 11) is 3.01. The van der Waals surface area contributed by atoms with Crippen LogP contribution in [0.4, 0.5) is 10.5 Å². The highest BCUT2D eigenvalue weighted by atomic mass is 32.1. The number of hydroxylamine groups is 2. The molecule has 0 saturated heterocycles. The fraction of sp³-hybridized carbons (Fsp3) is 0.182. The first-order valence-electron chi connectivity index (χ1n) is 4.77. The van der Waals surface area contributed by atoms with Crippen molar-refractivity contribution in [3.05, 3.63) is 29.6 Å². The molecule has 0 saturated carbocycles. The van der Waals surface area contributed by atoms with Crippen molar-refractivity contribution < 1.29 is 9.63 Å². The number of carbonyl (C=O) groups is 1. The van der Waals surface area contributed by atoms with Gasteiger partial charge in [-0.05, 0) is 22.9 Å². The van der Waals surface area contributed by atoms with E-state index in [1.165, 1.54) is 7.11 Å². The Kier molecular flexibility index (Phi) is 3.07. The predicted molar refractivity (Wildman–Crippen MR) is 65.6 cm³/mol. The highest BCUT2D eigenvalue weighted by molar-refractivity contribution is 7.17. The zero-order valence-electron chi connectivity index (χ0n) is 9.06. The van der Waals surface area contributed by atoms with E-state index >= 15 is 0 Å². The molecule has 0 spiro atoms. The first kappa shape index (κ1) is 10.9. The standard InChI is InChI=1S/C11H12N2O2S/c1-13(15-2)11(14)12-9-5-3-4-8-6-7-16-10(8)9/h3-7H,1-2H3,(H,12,14). The maximum atomic E-state index is 11.6. The Bertz CT molecular complexity index is 509. The third kappa shape index (κ3) is 2.00. The normalized spacial score (nSPS) is 10.4. The molecule has 5 heteroatoms. The molecule has 1 N–H and O–H groups in total. The molecule has 1 aromatic carbocycles. The Labute approximate surface area is 97.4 Å². The monoisotopic (exact) mass is 236 g/mol. The summed E-state index contributed by atoms with van der Waals surface area (Å²) in [4.78, 5) is 16.4. The number of anilines is 1. The lowest BCUT2D eigenvalue weighted by atomic mass is 10.2. The fourth-order valence-electron chi connectivity index (χ4n) is 1.37. The summed E-state index contributed by atoms with van der Waals surface area (Å²) >= 11 is 1.60. The van der Waals surface area contributed by atoms with Crippen molar-refractivity contribution in [1.82, 2.24) is 5.06 Å². The highest BCUT2D eigenvalue weighted by Crippen LogP contribution is 2.28. The van der Waals surface area contributed by atoms with Gasteiger partial charge in [0.1, 0.15) is 0 Å². The molecule has 0 aliphatic rings. The van der Waals surface area contributed by atoms with Gasteiger partial charge in [0.05, 0.1) is 17.5 Å². The van der Waals surface area contributed by atoms with Gasteiger partial charge < -0.3 is 5.32 Å². The van der Waals surface area contributed by atoms with Crippen LogP contribution in [-0.4, -0.2) is 25.3 Å². The average Bonchev–Trinajstić information content (AvgIpc) is 2.77. The minimum absolute atomic E-state index is 0.289. The second kappa shape index (κ2) is 4.51. The van der Waals surface area contributed by atoms with Gasteiger partial charge in [-0.1, -0.05) is 12.1 Å². The van der Waals surface area contributed by atoms with E-state index in [9.17, 15) is 4.79 Å². The molecule has 0 unspecified atom stereocenters. The summed E-state index contributed by atoms with van der Waals surface area (Å²) in [6.45, 7) is 0. The summed E-state index contributed by atoms with van der Waals surface area (Å²) in [6, 6.07) is 7.54. The van der Waals surface area contributed by atoms with Crippen LogP contribution >= 0.6 is 11.3 Å². The van der Waals surface area contributed by atoms with E-state index in [1.807, 2.05) is 29.6 Å². The molecule has 84 valence electrons. The molecule has 2 rings (SSSR count). The SMILES string of the molecule is CON(C)C(=O)Nc1cccc2ccsc12. The van der Waals surface area contributed by atoms with Crippen LogP contribution in [0.5, 0.6) is 0 Å². The van der Waals surface area contributed by atoms with Gasteiger partial charge in [0.15, 0.2) is 0 Å². The van der Waals surface area contributed by atoms with Gasteiger partial charge in [0.2, 0.25) is 0 Å². The zero-order valence-corrected chi connectivity index (χ0v) is 9.88. The molecule has 0 radical (unpaired) electrons. The largest absolute Gasteiger partial charge is 0.345 e. The number of nitrogens with one attached hydrogen (secondary N) is 1. The van der Waals surface area contributed by atoms with Crippen molar-refractivity contribution in [3.63, 3.8) is 0 Å². The molecular weight excluding hydrogens is 224 g/mol. The quantitative estimate of drug-likeness (QED) is 0.814. The number of hydrogen-bond donors (Lipinski definition) is 1. The highest BCUT2D eigenvalue weighted by Gasteiger charge is 2.10. The van der Waals surface area contributed by atoms with Gasteiger partial charge >= 0.3 is 6.03 Å². The number of nitrogens with zero attached hydrogens (tertiary/aromatic N) is 1. The van der Waals surface area contributed by atoms with Crippen molar-refractivity contribution in [1.29, 1.82) is 0 Å². The summed E-state index contributed by atoms with van der Waals surface area (Å²) < 4.78 is 1.07. The number of thiophene rings is 1. The number of carbonyl (C=O) groups excluding carboxylic acids is 1. The molecule has 2 aromatic rings. The molecule has 0 aliphatic carbocycles. The predicted octanol–water partition coefficient (Wildman–Crippen LogP) is 2.93. The second-order valence-electron chi connectivity index (χ2n) is 3.25. The molecule has 0 atom stereocenters. The van der Waals surface area contributed by atoms with Gasteiger partial charge in [-0.15, -0.1) is 11.3 Å². The maximum Gasteiger partial charge on any atom is 0.345 e. The van der Waals surface area contributed by atoms with Gasteiger partial charge in [-0.25, -0.2) is 9.86 Å². The van der Waals surface area contributed by atoms with Crippen LogP contribution in [0.1, 0.15) is 0 Å². The maximum absolute atomic E-state index is 11.6. The van der Waals surface area contributed by atoms with Gasteiger partial charge in [0, 0.05) is 7.05 Å². The number of fused-ring (bicyclic) bond motifs is 1. The summed E-state index contributed by atoms with van der Waals surface area (Å²) in [5.41, 5.74) is 0.807. The molecule has 0 aliphatic heterocycles. The lowest BCUT2D eigenvalue weighted by molar-refractivity contribution is -0.0597. The summed E-state index contributed by atoms with van der Waals surface area (Å²) in [5.74, 6) is 0. The van der Waals surface area contributed by atoms with Crippen molar-refractivity contribution >= 4 is 33.1 Å². The third-order valence-electron chi connectivity index (χ3n) is 2.28. The number of amides is 2. The van der Waals surface area contributed by atoms with Crippen LogP contribution in [0.3, 0.4) is 0 Å². The van der Waals surface area contributed by atoms with E-state index in [2.05, 4.69) is 5.32 Å². The molecular formula is C11H12N2O2S. The van der Waals surface area contributed by atoms with Crippen LogP contribution < -0.4 is 5.32 Å². The minimum atomic E-state index is -0.289. The van der Waals surface area contributed by atoms with E-state index in [4.69, 9.17) is 4.84 Å². The molecule has 1 heterocycles. The molecule has 1 aromatic heterocycles. The van der Waals surface area contributed by atoms with E-state index in [0.717, 1.165) is 20.8 Å². The Balaban J connectivity index is 2.27. The summed E-state index contributed by atoms with van der Waals surface area (Å²) in [6.07, 6.45) is 0. The van der Waals surface area contributed by atoms with E-state index in [0.29, 0.717) is 0 Å². The Morgan fingerprint density at radius 3 is 3.00 bits per heavy atom. The number of rotatable bonds is 2. The van der Waals surface area contributed by atoms with Crippen molar-refractivity contribution in [3.8, 4) is 0 Å².